The summed E-state index contributed by atoms with van der Waals surface area (Å²) in [6, 6.07) is 5.16. The molecule has 0 saturated carbocycles. The van der Waals surface area contributed by atoms with Crippen LogP contribution in [0.15, 0.2) is 38.8 Å². The first-order valence-corrected chi connectivity index (χ1v) is 8.81. The highest BCUT2D eigenvalue weighted by molar-refractivity contribution is 5.78. The third-order valence-electron chi connectivity index (χ3n) is 4.47. The van der Waals surface area contributed by atoms with Gasteiger partial charge in [-0.25, -0.2) is 9.59 Å². The number of aryl methyl sites for hydroxylation is 2. The number of aliphatic hydroxyl groups is 1. The van der Waals surface area contributed by atoms with E-state index < -0.39 is 17.5 Å². The SMILES string of the molecule is CCOC(O)c1cn(-c2ccc3c(c2)n(CC)c(=O)n3CC)c(=O)[nH]c1=O. The van der Waals surface area contributed by atoms with Gasteiger partial charge in [0.2, 0.25) is 0 Å². The Labute approximate surface area is 154 Å². The topological polar surface area (TPSA) is 111 Å². The molecule has 27 heavy (non-hydrogen) atoms. The zero-order valence-corrected chi connectivity index (χ0v) is 15.4. The number of aromatic amines is 1. The summed E-state index contributed by atoms with van der Waals surface area (Å²) >= 11 is 0. The lowest BCUT2D eigenvalue weighted by Gasteiger charge is -2.12. The van der Waals surface area contributed by atoms with Crippen LogP contribution in [-0.4, -0.2) is 30.4 Å². The van der Waals surface area contributed by atoms with E-state index in [1.165, 1.54) is 10.8 Å². The van der Waals surface area contributed by atoms with Gasteiger partial charge in [-0.15, -0.1) is 0 Å². The predicted molar refractivity (Wildman–Crippen MR) is 100 cm³/mol. The van der Waals surface area contributed by atoms with E-state index in [2.05, 4.69) is 4.98 Å². The quantitative estimate of drug-likeness (QED) is 0.617. The normalized spacial score (nSPS) is 12.6. The molecule has 2 aromatic heterocycles. The van der Waals surface area contributed by atoms with Crippen molar-refractivity contribution in [3.8, 4) is 5.69 Å². The van der Waals surface area contributed by atoms with Gasteiger partial charge in [0.25, 0.3) is 5.56 Å². The van der Waals surface area contributed by atoms with E-state index in [9.17, 15) is 19.5 Å². The number of nitrogens with zero attached hydrogens (tertiary/aromatic N) is 3. The van der Waals surface area contributed by atoms with E-state index >= 15 is 0 Å². The van der Waals surface area contributed by atoms with Crippen LogP contribution < -0.4 is 16.9 Å². The highest BCUT2D eigenvalue weighted by atomic mass is 16.6. The van der Waals surface area contributed by atoms with Crippen molar-refractivity contribution in [3.05, 3.63) is 61.3 Å². The number of aromatic nitrogens is 4. The molecule has 2 heterocycles. The van der Waals surface area contributed by atoms with Crippen molar-refractivity contribution in [2.24, 2.45) is 0 Å². The summed E-state index contributed by atoms with van der Waals surface area (Å²) in [4.78, 5) is 39.0. The Kier molecular flexibility index (Phi) is 5.15. The summed E-state index contributed by atoms with van der Waals surface area (Å²) in [7, 11) is 0. The summed E-state index contributed by atoms with van der Waals surface area (Å²) in [6.45, 7) is 6.67. The molecular formula is C18H22N4O5. The largest absolute Gasteiger partial charge is 0.364 e. The molecule has 0 aliphatic carbocycles. The molecule has 0 amide bonds. The molecule has 0 bridgehead atoms. The van der Waals surface area contributed by atoms with Crippen molar-refractivity contribution in [1.82, 2.24) is 18.7 Å². The second-order valence-corrected chi connectivity index (χ2v) is 5.97. The first-order chi connectivity index (χ1) is 12.9. The number of ether oxygens (including phenoxy) is 1. The van der Waals surface area contributed by atoms with Gasteiger partial charge in [0, 0.05) is 25.9 Å². The van der Waals surface area contributed by atoms with E-state index in [0.717, 1.165) is 5.52 Å². The Morgan fingerprint density at radius 1 is 1.07 bits per heavy atom. The highest BCUT2D eigenvalue weighted by Gasteiger charge is 2.16. The number of H-pyrrole nitrogens is 1. The van der Waals surface area contributed by atoms with Gasteiger partial charge in [0.1, 0.15) is 0 Å². The maximum Gasteiger partial charge on any atom is 0.332 e. The molecule has 3 rings (SSSR count). The second kappa shape index (κ2) is 7.37. The van der Waals surface area contributed by atoms with Crippen molar-refractivity contribution >= 4 is 11.0 Å². The zero-order valence-electron chi connectivity index (χ0n) is 15.4. The van der Waals surface area contributed by atoms with Crippen LogP contribution in [0.2, 0.25) is 0 Å². The summed E-state index contributed by atoms with van der Waals surface area (Å²) in [5.41, 5.74) is 0.369. The maximum atomic E-state index is 12.5. The number of aliphatic hydroxyl groups excluding tert-OH is 1. The Morgan fingerprint density at radius 3 is 2.37 bits per heavy atom. The van der Waals surface area contributed by atoms with Crippen LogP contribution in [0.4, 0.5) is 0 Å². The number of fused-ring (bicyclic) bond motifs is 1. The molecule has 1 aromatic carbocycles. The van der Waals surface area contributed by atoms with Crippen molar-refractivity contribution in [2.45, 2.75) is 40.2 Å². The van der Waals surface area contributed by atoms with Crippen molar-refractivity contribution < 1.29 is 9.84 Å². The molecular weight excluding hydrogens is 352 g/mol. The van der Waals surface area contributed by atoms with Gasteiger partial charge in [-0.1, -0.05) is 0 Å². The number of rotatable bonds is 6. The molecule has 1 atom stereocenters. The fourth-order valence-electron chi connectivity index (χ4n) is 3.17. The van der Waals surface area contributed by atoms with E-state index in [1.807, 2.05) is 13.8 Å². The monoisotopic (exact) mass is 374 g/mol. The van der Waals surface area contributed by atoms with Crippen molar-refractivity contribution in [3.63, 3.8) is 0 Å². The standard InChI is InChI=1S/C18H22N4O5/c1-4-20-13-8-7-11(9-14(13)21(5-2)18(20)26)22-10-12(16(24)27-6-3)15(23)19-17(22)25/h7-10,16,24H,4-6H2,1-3H3,(H,19,23,25). The van der Waals surface area contributed by atoms with E-state index in [-0.39, 0.29) is 17.9 Å². The molecule has 0 aliphatic rings. The first kappa shape index (κ1) is 18.9. The summed E-state index contributed by atoms with van der Waals surface area (Å²) in [5.74, 6) is 0. The molecule has 9 heteroatoms. The molecule has 1 unspecified atom stereocenters. The summed E-state index contributed by atoms with van der Waals surface area (Å²) in [5, 5.41) is 9.98. The van der Waals surface area contributed by atoms with Gasteiger partial charge in [-0.05, 0) is 39.0 Å². The summed E-state index contributed by atoms with van der Waals surface area (Å²) in [6.07, 6.45) is -0.183. The molecule has 0 spiro atoms. The number of hydrogen-bond donors (Lipinski definition) is 2. The molecule has 0 radical (unpaired) electrons. The fraction of sp³-hybridized carbons (Fsp3) is 0.389. The lowest BCUT2D eigenvalue weighted by molar-refractivity contribution is -0.0991. The number of imidazole rings is 1. The van der Waals surface area contributed by atoms with Gasteiger partial charge in [-0.3, -0.25) is 23.5 Å². The van der Waals surface area contributed by atoms with Crippen LogP contribution in [0.3, 0.4) is 0 Å². The molecule has 0 aliphatic heterocycles. The molecule has 0 saturated heterocycles. The van der Waals surface area contributed by atoms with Crippen LogP contribution in [0.5, 0.6) is 0 Å². The minimum Gasteiger partial charge on any atom is -0.364 e. The minimum atomic E-state index is -1.44. The van der Waals surface area contributed by atoms with Crippen LogP contribution in [-0.2, 0) is 17.8 Å². The van der Waals surface area contributed by atoms with Crippen molar-refractivity contribution in [1.29, 1.82) is 0 Å². The Bertz CT molecular complexity index is 1150. The van der Waals surface area contributed by atoms with E-state index in [4.69, 9.17) is 4.74 Å². The van der Waals surface area contributed by atoms with Crippen LogP contribution in [0, 0.1) is 0 Å². The molecule has 9 nitrogen and oxygen atoms in total. The average molecular weight is 374 g/mol. The van der Waals surface area contributed by atoms with Gasteiger partial charge >= 0.3 is 11.4 Å². The average Bonchev–Trinajstić information content (AvgIpc) is 2.91. The van der Waals surface area contributed by atoms with Crippen LogP contribution in [0.25, 0.3) is 16.7 Å². The lowest BCUT2D eigenvalue weighted by Crippen LogP contribution is -2.32. The molecule has 3 aromatic rings. The predicted octanol–water partition coefficient (Wildman–Crippen LogP) is 0.709. The maximum absolute atomic E-state index is 12.5. The van der Waals surface area contributed by atoms with Gasteiger partial charge in [-0.2, -0.15) is 0 Å². The number of nitrogens with one attached hydrogen (secondary N) is 1. The Morgan fingerprint density at radius 2 is 1.74 bits per heavy atom. The molecule has 144 valence electrons. The lowest BCUT2D eigenvalue weighted by atomic mass is 10.2. The van der Waals surface area contributed by atoms with Crippen LogP contribution >= 0.6 is 0 Å². The van der Waals surface area contributed by atoms with Gasteiger partial charge in [0.15, 0.2) is 6.29 Å². The van der Waals surface area contributed by atoms with Gasteiger partial charge < -0.3 is 9.84 Å². The third-order valence-corrected chi connectivity index (χ3v) is 4.47. The van der Waals surface area contributed by atoms with E-state index in [1.54, 1.807) is 34.3 Å². The first-order valence-electron chi connectivity index (χ1n) is 8.81. The Hall–Kier alpha value is -2.91. The van der Waals surface area contributed by atoms with Gasteiger partial charge in [0.05, 0.1) is 22.3 Å². The molecule has 2 N–H and O–H groups in total. The zero-order chi connectivity index (χ0) is 19.7. The smallest absolute Gasteiger partial charge is 0.332 e. The highest BCUT2D eigenvalue weighted by Crippen LogP contribution is 2.18. The third kappa shape index (κ3) is 3.15. The number of hydrogen-bond acceptors (Lipinski definition) is 5. The van der Waals surface area contributed by atoms with Crippen LogP contribution in [0.1, 0.15) is 32.6 Å². The number of benzene rings is 1. The van der Waals surface area contributed by atoms with Crippen molar-refractivity contribution in [2.75, 3.05) is 6.61 Å². The fourth-order valence-corrected chi connectivity index (χ4v) is 3.17. The summed E-state index contributed by atoms with van der Waals surface area (Å²) < 4.78 is 9.54. The minimum absolute atomic E-state index is 0.0736. The Balaban J connectivity index is 2.24. The molecule has 0 fully saturated rings. The van der Waals surface area contributed by atoms with E-state index in [0.29, 0.717) is 24.3 Å². The second-order valence-electron chi connectivity index (χ2n) is 5.97.